The van der Waals surface area contributed by atoms with E-state index in [9.17, 15) is 15.0 Å². The van der Waals surface area contributed by atoms with Crippen molar-refractivity contribution in [3.05, 3.63) is 191 Å². The molecule has 8 atom stereocenters. The number of aromatic hydroxyl groups is 1. The van der Waals surface area contributed by atoms with Gasteiger partial charge in [0, 0.05) is 12.1 Å². The Hall–Kier alpha value is -8.65. The smallest absolute Gasteiger partial charge is 0.329 e. The Bertz CT molecular complexity index is 3290. The van der Waals surface area contributed by atoms with E-state index in [0.717, 1.165) is 10.4 Å². The number of phenols is 1. The molecular weight excluding hydrogens is 927 g/mol. The molecule has 16 nitrogen and oxygen atoms in total. The number of hydrogen-bond acceptors (Lipinski definition) is 12. The number of fused-ring (bicyclic) bond motifs is 4. The molecule has 0 saturated carbocycles. The number of nitrogens with one attached hydrogen (secondary N) is 2. The Kier molecular flexibility index (Phi) is 13.1. The summed E-state index contributed by atoms with van der Waals surface area (Å²) in [5.74, 6) is 0.882. The molecule has 2 fully saturated rings. The fourth-order valence-electron chi connectivity index (χ4n) is 10.8. The number of aliphatic hydroxyl groups excluding tert-OH is 1. The van der Waals surface area contributed by atoms with Crippen molar-refractivity contribution in [2.45, 2.75) is 62.2 Å². The van der Waals surface area contributed by atoms with Crippen molar-refractivity contribution in [3.63, 3.8) is 0 Å². The highest BCUT2D eigenvalue weighted by molar-refractivity contribution is 6.25. The average molecular weight is 978 g/mol. The molecule has 16 heteroatoms. The van der Waals surface area contributed by atoms with Crippen LogP contribution >= 0.6 is 0 Å². The molecule has 7 aromatic rings. The molecule has 10 rings (SSSR count). The van der Waals surface area contributed by atoms with Crippen molar-refractivity contribution in [1.82, 2.24) is 30.5 Å². The number of imide groups is 1. The van der Waals surface area contributed by atoms with E-state index in [1.165, 1.54) is 19.2 Å². The first-order valence-electron chi connectivity index (χ1n) is 23.9. The number of urea groups is 1. The van der Waals surface area contributed by atoms with Crippen LogP contribution in [0, 0.1) is 23.7 Å². The first-order valence-corrected chi connectivity index (χ1v) is 23.9. The van der Waals surface area contributed by atoms with E-state index in [-0.39, 0.29) is 30.1 Å². The van der Waals surface area contributed by atoms with Gasteiger partial charge in [-0.15, -0.1) is 5.10 Å². The minimum atomic E-state index is -2.19. The summed E-state index contributed by atoms with van der Waals surface area (Å²) >= 11 is 0. The number of methoxy groups -OCH3 is 1. The van der Waals surface area contributed by atoms with E-state index >= 15 is 19.2 Å². The van der Waals surface area contributed by atoms with Crippen LogP contribution in [0.25, 0.3) is 11.0 Å². The first-order chi connectivity index (χ1) is 35.4. The van der Waals surface area contributed by atoms with Gasteiger partial charge in [-0.2, -0.15) is 0 Å². The molecule has 3 aliphatic heterocycles. The molecular formula is C57H51N7O9. The Balaban J connectivity index is 1.23. The maximum absolute atomic E-state index is 16.6. The topological polar surface area (TPSA) is 206 Å². The summed E-state index contributed by atoms with van der Waals surface area (Å²) in [6.45, 7) is 3.24. The number of anilines is 1. The number of aliphatic hydroxyl groups is 1. The van der Waals surface area contributed by atoms with Crippen LogP contribution in [0.3, 0.4) is 0 Å². The second-order valence-corrected chi connectivity index (χ2v) is 18.6. The molecule has 368 valence electrons. The van der Waals surface area contributed by atoms with E-state index in [0.29, 0.717) is 33.3 Å². The number of amides is 4. The Morgan fingerprint density at radius 2 is 1.47 bits per heavy atom. The number of cyclic esters (lactones) is 1. The standard InChI is InChI=1S/C57H51N7O9/c1-34(2)47(53(68)72-3)59-56(71)63-43-30-25-35(16-15-31-62-44-24-14-13-23-42(44)60-61-62)32-41(43)57(55(63)70)46(52(67)58-33-45(66)36-17-7-4-8-18-36)49-54(69)73-50(38-21-11-6-12-22-38)48(37-19-9-5-10-20-37)64(49)51(57)39-26-28-40(65)29-27-39/h4-14,17-30,32,34,45-51,65-66H,31,33H2,1-3H3,(H,58,67)(H,59,71)/t45-,46-,47-,48-,49-,50+,51+,57-/m0/s1. The number of aromatic nitrogens is 3. The van der Waals surface area contributed by atoms with Crippen molar-refractivity contribution in [3.8, 4) is 17.6 Å². The number of para-hydroxylation sites is 1. The monoisotopic (exact) mass is 977 g/mol. The van der Waals surface area contributed by atoms with Crippen LogP contribution in [0.4, 0.5) is 10.5 Å². The molecule has 0 unspecified atom stereocenters. The molecule has 3 aliphatic rings. The fourth-order valence-corrected chi connectivity index (χ4v) is 10.8. The molecule has 4 N–H and O–H groups in total. The Labute approximate surface area is 420 Å². The number of nitrogens with zero attached hydrogens (tertiary/aromatic N) is 5. The first kappa shape index (κ1) is 48.0. The summed E-state index contributed by atoms with van der Waals surface area (Å²) in [6, 6.07) is 39.9. The zero-order valence-electron chi connectivity index (χ0n) is 40.0. The number of ether oxygens (including phenoxy) is 2. The van der Waals surface area contributed by atoms with E-state index in [1.54, 1.807) is 79.2 Å². The van der Waals surface area contributed by atoms with Gasteiger partial charge < -0.3 is 30.3 Å². The highest BCUT2D eigenvalue weighted by atomic mass is 16.6. The van der Waals surface area contributed by atoms with Gasteiger partial charge in [0.2, 0.25) is 11.8 Å². The predicted molar refractivity (Wildman–Crippen MR) is 268 cm³/mol. The van der Waals surface area contributed by atoms with Crippen molar-refractivity contribution in [2.75, 3.05) is 18.6 Å². The minimum absolute atomic E-state index is 0.0673. The largest absolute Gasteiger partial charge is 0.508 e. The van der Waals surface area contributed by atoms with Crippen molar-refractivity contribution in [1.29, 1.82) is 0 Å². The van der Waals surface area contributed by atoms with Crippen LogP contribution < -0.4 is 15.5 Å². The SMILES string of the molecule is COC(=O)[C@@H](NC(=O)N1C(=O)[C@@]2(c3cc(C#CCn4nnc5ccccc54)ccc31)[C@H](C(=O)NC[C@H](O)c1ccccc1)[C@H]1C(=O)O[C@H](c3ccccc3)[C@H](c3ccccc3)N1[C@@H]2c1ccc(O)cc1)C(C)C. The Morgan fingerprint density at radius 1 is 0.808 bits per heavy atom. The third-order valence-electron chi connectivity index (χ3n) is 14.1. The van der Waals surface area contributed by atoms with Gasteiger partial charge >= 0.3 is 18.0 Å². The van der Waals surface area contributed by atoms with Crippen LogP contribution in [-0.4, -0.2) is 85.6 Å². The summed E-state index contributed by atoms with van der Waals surface area (Å²) in [6.07, 6.45) is -2.19. The van der Waals surface area contributed by atoms with Gasteiger partial charge in [-0.1, -0.05) is 146 Å². The van der Waals surface area contributed by atoms with Gasteiger partial charge in [0.15, 0.2) is 0 Å². The number of carbonyl (C=O) groups excluding carboxylic acids is 5. The number of esters is 2. The third-order valence-corrected chi connectivity index (χ3v) is 14.1. The summed E-state index contributed by atoms with van der Waals surface area (Å²) in [5.41, 5.74) is 2.15. The second-order valence-electron chi connectivity index (χ2n) is 18.6. The lowest BCUT2D eigenvalue weighted by Gasteiger charge is -2.46. The lowest BCUT2D eigenvalue weighted by molar-refractivity contribution is -0.178. The quantitative estimate of drug-likeness (QED) is 0.0799. The number of hydrogen-bond donors (Lipinski definition) is 4. The molecule has 0 aliphatic carbocycles. The van der Waals surface area contributed by atoms with Gasteiger partial charge in [0.25, 0.3) is 0 Å². The minimum Gasteiger partial charge on any atom is -0.508 e. The average Bonchev–Trinajstić information content (AvgIpc) is 4.06. The van der Waals surface area contributed by atoms with E-state index in [2.05, 4.69) is 32.8 Å². The number of carbonyl (C=O) groups is 5. The van der Waals surface area contributed by atoms with Crippen molar-refractivity contribution < 1.29 is 43.7 Å². The van der Waals surface area contributed by atoms with Gasteiger partial charge in [-0.05, 0) is 76.2 Å². The van der Waals surface area contributed by atoms with Crippen molar-refractivity contribution >= 4 is 46.5 Å². The van der Waals surface area contributed by atoms with Crippen LogP contribution in [0.2, 0.25) is 0 Å². The highest BCUT2D eigenvalue weighted by Crippen LogP contribution is 2.66. The van der Waals surface area contributed by atoms with E-state index < -0.39 is 83.4 Å². The molecule has 1 spiro atoms. The number of benzene rings is 6. The van der Waals surface area contributed by atoms with E-state index in [1.807, 2.05) is 89.8 Å². The maximum atomic E-state index is 16.6. The zero-order chi connectivity index (χ0) is 51.0. The van der Waals surface area contributed by atoms with Crippen LogP contribution in [0.5, 0.6) is 5.75 Å². The van der Waals surface area contributed by atoms with E-state index in [4.69, 9.17) is 9.47 Å². The normalized spacial score (nSPS) is 21.9. The molecule has 4 amide bonds. The molecule has 73 heavy (non-hydrogen) atoms. The predicted octanol–water partition coefficient (Wildman–Crippen LogP) is 6.61. The van der Waals surface area contributed by atoms with Crippen LogP contribution in [-0.2, 0) is 40.6 Å². The number of phenolic OH excluding ortho intramolecular Hbond substituents is 1. The van der Waals surface area contributed by atoms with Gasteiger partial charge in [0.05, 0.1) is 42.4 Å². The van der Waals surface area contributed by atoms with Crippen LogP contribution in [0.15, 0.2) is 158 Å². The van der Waals surface area contributed by atoms with Gasteiger partial charge in [-0.3, -0.25) is 19.3 Å². The molecule has 0 radical (unpaired) electrons. The zero-order valence-corrected chi connectivity index (χ0v) is 40.0. The van der Waals surface area contributed by atoms with Gasteiger partial charge in [-0.25, -0.2) is 19.2 Å². The lowest BCUT2D eigenvalue weighted by Crippen LogP contribution is -2.58. The number of rotatable bonds is 11. The summed E-state index contributed by atoms with van der Waals surface area (Å²) in [5, 5.41) is 36.5. The Morgan fingerprint density at radius 3 is 2.15 bits per heavy atom. The highest BCUT2D eigenvalue weighted by Gasteiger charge is 2.75. The molecule has 1 aromatic heterocycles. The molecule has 2 saturated heterocycles. The maximum Gasteiger partial charge on any atom is 0.329 e. The summed E-state index contributed by atoms with van der Waals surface area (Å²) < 4.78 is 13.3. The molecule has 0 bridgehead atoms. The van der Waals surface area contributed by atoms with Gasteiger partial charge in [0.1, 0.15) is 41.4 Å². The lowest BCUT2D eigenvalue weighted by atomic mass is 9.65. The molecule has 4 heterocycles. The molecule has 6 aromatic carbocycles. The third kappa shape index (κ3) is 8.51. The summed E-state index contributed by atoms with van der Waals surface area (Å²) in [4.78, 5) is 79.0. The number of morpholine rings is 1. The summed E-state index contributed by atoms with van der Waals surface area (Å²) in [7, 11) is 1.20. The second kappa shape index (κ2) is 19.9. The van der Waals surface area contributed by atoms with Crippen molar-refractivity contribution in [2.24, 2.45) is 11.8 Å². The van der Waals surface area contributed by atoms with Crippen LogP contribution in [0.1, 0.15) is 71.5 Å². The fraction of sp³-hybridized carbons (Fsp3) is 0.246.